The second-order valence-corrected chi connectivity index (χ2v) is 13.0. The van der Waals surface area contributed by atoms with Crippen LogP contribution < -0.4 is 0 Å². The molecule has 21 heavy (non-hydrogen) atoms. The van der Waals surface area contributed by atoms with Crippen LogP contribution >= 0.6 is 0 Å². The minimum atomic E-state index is -2.69. The van der Waals surface area contributed by atoms with E-state index in [1.54, 1.807) is 0 Å². The first-order chi connectivity index (χ1) is 9.89. The zero-order valence-electron chi connectivity index (χ0n) is 15.6. The van der Waals surface area contributed by atoms with Crippen molar-refractivity contribution in [2.45, 2.75) is 58.3 Å². The summed E-state index contributed by atoms with van der Waals surface area (Å²) in [6, 6.07) is 0. The Hall–Kier alpha value is 0.554. The van der Waals surface area contributed by atoms with Gasteiger partial charge in [0.2, 0.25) is 0 Å². The minimum absolute atomic E-state index is 0.892. The van der Waals surface area contributed by atoms with Crippen molar-refractivity contribution in [1.29, 1.82) is 0 Å². The summed E-state index contributed by atoms with van der Waals surface area (Å²) in [7, 11) is 12.9. The van der Waals surface area contributed by atoms with Crippen LogP contribution in [0.4, 0.5) is 0 Å². The topological polar surface area (TPSA) is 19.0 Å². The van der Waals surface area contributed by atoms with Crippen LogP contribution in [0.1, 0.15) is 58.3 Å². The molecule has 0 bridgehead atoms. The Labute approximate surface area is 138 Å². The van der Waals surface area contributed by atoms with Crippen molar-refractivity contribution in [2.75, 3.05) is 48.9 Å². The number of hydrogen-bond acceptors (Lipinski definition) is 4. The first-order valence-electron chi connectivity index (χ1n) is 8.55. The molecule has 0 amide bonds. The predicted octanol–water partition coefficient (Wildman–Crippen LogP) is 3.64. The molecule has 0 aromatic carbocycles. The first-order valence-corrected chi connectivity index (χ1v) is 11.3. The van der Waals surface area contributed by atoms with Crippen LogP contribution in [0.15, 0.2) is 0 Å². The van der Waals surface area contributed by atoms with Gasteiger partial charge < -0.3 is 0 Å². The van der Waals surface area contributed by atoms with E-state index in [4.69, 9.17) is 3.32 Å². The third-order valence-electron chi connectivity index (χ3n) is 4.04. The number of nitrogens with zero attached hydrogens (tertiary/aromatic N) is 3. The van der Waals surface area contributed by atoms with Crippen LogP contribution in [0.3, 0.4) is 0 Å². The van der Waals surface area contributed by atoms with Gasteiger partial charge in [-0.1, -0.05) is 0 Å². The molecule has 0 saturated carbocycles. The first kappa shape index (κ1) is 21.6. The molecule has 0 saturated heterocycles. The molecule has 0 rings (SSSR count). The Morgan fingerprint density at radius 2 is 1.00 bits per heavy atom. The van der Waals surface area contributed by atoms with Gasteiger partial charge in [0.25, 0.3) is 0 Å². The average Bonchev–Trinajstić information content (AvgIpc) is 2.39. The summed E-state index contributed by atoms with van der Waals surface area (Å²) in [5.41, 5.74) is 0. The molecule has 128 valence electrons. The molecule has 0 aromatic rings. The maximum absolute atomic E-state index is 6.42. The summed E-state index contributed by atoms with van der Waals surface area (Å²) in [4.78, 5) is 0. The number of rotatable bonds is 13. The van der Waals surface area contributed by atoms with Crippen molar-refractivity contribution in [3.8, 4) is 0 Å². The van der Waals surface area contributed by atoms with E-state index in [1.807, 2.05) is 0 Å². The Kier molecular flexibility index (Phi) is 12.4. The molecule has 0 fully saturated rings. The predicted molar refractivity (Wildman–Crippen MR) is 89.6 cm³/mol. The summed E-state index contributed by atoms with van der Waals surface area (Å²) in [5, 5.41) is 0. The standard InChI is InChI=1S/C10H21O.3C2H6N.Ti/c1-2-3-4-5-6-7-8-9-10-11;3*1-3-2;/h2-10H2,1H3;3*1-2H3;/q4*-1;+4. The van der Waals surface area contributed by atoms with Crippen LogP contribution in [0.25, 0.3) is 0 Å². The van der Waals surface area contributed by atoms with Crippen LogP contribution in [-0.4, -0.2) is 59.0 Å². The Morgan fingerprint density at radius 1 is 0.619 bits per heavy atom. The second kappa shape index (κ2) is 12.0. The van der Waals surface area contributed by atoms with Crippen LogP contribution in [0.2, 0.25) is 0 Å². The van der Waals surface area contributed by atoms with Crippen molar-refractivity contribution < 1.29 is 21.1 Å². The normalized spacial score (nSPS) is 12.9. The van der Waals surface area contributed by atoms with Crippen molar-refractivity contribution in [1.82, 2.24) is 10.1 Å². The molecule has 0 spiro atoms. The molecule has 0 N–H and O–H groups in total. The summed E-state index contributed by atoms with van der Waals surface area (Å²) in [5.74, 6) is 0. The quantitative estimate of drug-likeness (QED) is 0.377. The zero-order chi connectivity index (χ0) is 16.3. The van der Waals surface area contributed by atoms with E-state index in [9.17, 15) is 0 Å². The fourth-order valence-electron chi connectivity index (χ4n) is 3.03. The summed E-state index contributed by atoms with van der Waals surface area (Å²) in [6.07, 6.45) is 10.8. The van der Waals surface area contributed by atoms with Crippen molar-refractivity contribution in [2.24, 2.45) is 0 Å². The Balaban J connectivity index is 3.95. The van der Waals surface area contributed by atoms with Crippen LogP contribution in [0, 0.1) is 0 Å². The SMILES string of the molecule is CCCCCCCCCC[O][Ti]([N](C)C)([N](C)C)[N](C)C. The molecular formula is C16H39N3OTi. The van der Waals surface area contributed by atoms with Gasteiger partial charge in [0.15, 0.2) is 0 Å². The molecule has 0 aromatic heterocycles. The van der Waals surface area contributed by atoms with Gasteiger partial charge in [-0.15, -0.1) is 0 Å². The maximum atomic E-state index is 6.42. The van der Waals surface area contributed by atoms with Crippen LogP contribution in [0.5, 0.6) is 0 Å². The number of unbranched alkanes of at least 4 members (excludes halogenated alkanes) is 7. The Morgan fingerprint density at radius 3 is 1.38 bits per heavy atom. The molecule has 4 nitrogen and oxygen atoms in total. The van der Waals surface area contributed by atoms with Crippen molar-refractivity contribution >= 4 is 0 Å². The zero-order valence-corrected chi connectivity index (χ0v) is 17.2. The molecule has 0 atom stereocenters. The molecule has 0 unspecified atom stereocenters. The van der Waals surface area contributed by atoms with Gasteiger partial charge in [0.05, 0.1) is 0 Å². The van der Waals surface area contributed by atoms with Gasteiger partial charge in [-0.05, 0) is 0 Å². The molecule has 0 aliphatic heterocycles. The van der Waals surface area contributed by atoms with Gasteiger partial charge >= 0.3 is 138 Å². The summed E-state index contributed by atoms with van der Waals surface area (Å²) < 4.78 is 13.4. The fraction of sp³-hybridized carbons (Fsp3) is 1.00. The van der Waals surface area contributed by atoms with E-state index in [0.717, 1.165) is 6.61 Å². The number of hydrogen-bond donors (Lipinski definition) is 0. The summed E-state index contributed by atoms with van der Waals surface area (Å²) >= 11 is -2.69. The Bertz CT molecular complexity index is 226. The van der Waals surface area contributed by atoms with E-state index in [-0.39, 0.29) is 0 Å². The molecular weight excluding hydrogens is 298 g/mol. The van der Waals surface area contributed by atoms with E-state index in [2.05, 4.69) is 59.4 Å². The van der Waals surface area contributed by atoms with Gasteiger partial charge in [-0.25, -0.2) is 0 Å². The van der Waals surface area contributed by atoms with E-state index in [1.165, 1.54) is 51.4 Å². The van der Waals surface area contributed by atoms with Crippen molar-refractivity contribution in [3.05, 3.63) is 0 Å². The average molecular weight is 337 g/mol. The van der Waals surface area contributed by atoms with E-state index < -0.39 is 17.7 Å². The van der Waals surface area contributed by atoms with Gasteiger partial charge in [0, 0.05) is 0 Å². The van der Waals surface area contributed by atoms with Crippen LogP contribution in [-0.2, 0) is 21.1 Å². The van der Waals surface area contributed by atoms with Gasteiger partial charge in [0.1, 0.15) is 0 Å². The van der Waals surface area contributed by atoms with E-state index in [0.29, 0.717) is 0 Å². The van der Waals surface area contributed by atoms with Crippen molar-refractivity contribution in [3.63, 3.8) is 0 Å². The summed E-state index contributed by atoms with van der Waals surface area (Å²) in [6.45, 7) is 3.17. The molecule has 0 aliphatic carbocycles. The molecule has 5 heteroatoms. The molecule has 0 radical (unpaired) electrons. The van der Waals surface area contributed by atoms with E-state index >= 15 is 0 Å². The van der Waals surface area contributed by atoms with Gasteiger partial charge in [-0.2, -0.15) is 0 Å². The molecule has 0 heterocycles. The second-order valence-electron chi connectivity index (χ2n) is 6.58. The third kappa shape index (κ3) is 7.58. The third-order valence-corrected chi connectivity index (χ3v) is 10.4. The molecule has 0 aliphatic rings. The fourth-order valence-corrected chi connectivity index (χ4v) is 8.64. The monoisotopic (exact) mass is 337 g/mol. The van der Waals surface area contributed by atoms with Gasteiger partial charge in [-0.3, -0.25) is 0 Å².